The fourth-order valence-corrected chi connectivity index (χ4v) is 2.65. The van der Waals surface area contributed by atoms with Crippen molar-refractivity contribution in [1.82, 2.24) is 14.8 Å². The van der Waals surface area contributed by atoms with E-state index < -0.39 is 0 Å². The van der Waals surface area contributed by atoms with Crippen molar-refractivity contribution in [1.29, 1.82) is 0 Å². The van der Waals surface area contributed by atoms with Crippen LogP contribution in [0.15, 0.2) is 48.8 Å². The predicted molar refractivity (Wildman–Crippen MR) is 102 cm³/mol. The Kier molecular flexibility index (Phi) is 7.33. The van der Waals surface area contributed by atoms with Crippen LogP contribution in [0, 0.1) is 6.92 Å². The van der Waals surface area contributed by atoms with Crippen molar-refractivity contribution in [3.8, 4) is 0 Å². The Hall–Kier alpha value is -2.69. The van der Waals surface area contributed by atoms with Gasteiger partial charge in [0.05, 0.1) is 0 Å². The standard InChI is InChI=1S/C21H27N3O2/c1-17-4-6-20(7-5-17)16-24(18(2)25)15-11-21(26)23(3)14-10-19-8-12-22-13-9-19/h4-9,12-13H,10-11,14-16H2,1-3H3. The van der Waals surface area contributed by atoms with E-state index in [9.17, 15) is 9.59 Å². The number of hydrogen-bond donors (Lipinski definition) is 0. The van der Waals surface area contributed by atoms with Crippen molar-refractivity contribution < 1.29 is 9.59 Å². The van der Waals surface area contributed by atoms with Crippen LogP contribution in [-0.2, 0) is 22.6 Å². The molecule has 26 heavy (non-hydrogen) atoms. The molecule has 1 aromatic carbocycles. The number of benzene rings is 1. The number of aryl methyl sites for hydroxylation is 1. The van der Waals surface area contributed by atoms with E-state index in [-0.39, 0.29) is 11.8 Å². The molecule has 0 fully saturated rings. The lowest BCUT2D eigenvalue weighted by atomic mass is 10.1. The van der Waals surface area contributed by atoms with Crippen LogP contribution >= 0.6 is 0 Å². The van der Waals surface area contributed by atoms with Gasteiger partial charge in [0.1, 0.15) is 0 Å². The van der Waals surface area contributed by atoms with E-state index in [0.29, 0.717) is 26.1 Å². The third kappa shape index (κ3) is 6.31. The smallest absolute Gasteiger partial charge is 0.224 e. The van der Waals surface area contributed by atoms with E-state index in [1.165, 1.54) is 5.56 Å². The minimum absolute atomic E-state index is 0.0159. The number of hydrogen-bond acceptors (Lipinski definition) is 3. The Morgan fingerprint density at radius 3 is 2.23 bits per heavy atom. The molecule has 1 heterocycles. The van der Waals surface area contributed by atoms with Gasteiger partial charge in [-0.2, -0.15) is 0 Å². The molecule has 0 radical (unpaired) electrons. The van der Waals surface area contributed by atoms with Crippen molar-refractivity contribution in [2.75, 3.05) is 20.1 Å². The Balaban J connectivity index is 1.82. The maximum absolute atomic E-state index is 12.4. The zero-order chi connectivity index (χ0) is 18.9. The number of carbonyl (C=O) groups excluding carboxylic acids is 2. The number of pyridine rings is 1. The summed E-state index contributed by atoms with van der Waals surface area (Å²) in [6.07, 6.45) is 4.64. The van der Waals surface area contributed by atoms with Crippen molar-refractivity contribution in [3.63, 3.8) is 0 Å². The Morgan fingerprint density at radius 2 is 1.62 bits per heavy atom. The molecule has 2 aromatic rings. The molecule has 0 bridgehead atoms. The van der Waals surface area contributed by atoms with Gasteiger partial charge in [-0.25, -0.2) is 0 Å². The van der Waals surface area contributed by atoms with Gasteiger partial charge in [-0.15, -0.1) is 0 Å². The van der Waals surface area contributed by atoms with Crippen LogP contribution in [0.2, 0.25) is 0 Å². The average molecular weight is 353 g/mol. The molecule has 2 amide bonds. The van der Waals surface area contributed by atoms with Crippen molar-refractivity contribution >= 4 is 11.8 Å². The molecule has 0 unspecified atom stereocenters. The second-order valence-electron chi connectivity index (χ2n) is 6.60. The molecule has 0 spiro atoms. The summed E-state index contributed by atoms with van der Waals surface area (Å²) >= 11 is 0. The first-order chi connectivity index (χ1) is 12.5. The van der Waals surface area contributed by atoms with Crippen LogP contribution in [-0.4, -0.2) is 46.7 Å². The Bertz CT molecular complexity index is 714. The lowest BCUT2D eigenvalue weighted by Crippen LogP contribution is -2.35. The summed E-state index contributed by atoms with van der Waals surface area (Å²) in [7, 11) is 1.81. The van der Waals surface area contributed by atoms with E-state index in [1.54, 1.807) is 29.1 Å². The van der Waals surface area contributed by atoms with Gasteiger partial charge in [0.15, 0.2) is 0 Å². The minimum atomic E-state index is -0.0159. The molecule has 5 heteroatoms. The van der Waals surface area contributed by atoms with Gasteiger partial charge in [-0.05, 0) is 36.6 Å². The number of aromatic nitrogens is 1. The third-order valence-corrected chi connectivity index (χ3v) is 4.45. The maximum atomic E-state index is 12.4. The number of carbonyl (C=O) groups is 2. The molecule has 0 aliphatic heterocycles. The van der Waals surface area contributed by atoms with E-state index in [0.717, 1.165) is 17.5 Å². The van der Waals surface area contributed by atoms with Crippen molar-refractivity contribution in [3.05, 3.63) is 65.5 Å². The van der Waals surface area contributed by atoms with Gasteiger partial charge >= 0.3 is 0 Å². The molecule has 1 aromatic heterocycles. The van der Waals surface area contributed by atoms with Gasteiger partial charge in [0.25, 0.3) is 0 Å². The lowest BCUT2D eigenvalue weighted by molar-refractivity contribution is -0.133. The molecule has 138 valence electrons. The molecule has 0 saturated carbocycles. The first kappa shape index (κ1) is 19.6. The molecule has 0 aliphatic carbocycles. The second kappa shape index (κ2) is 9.70. The molecule has 5 nitrogen and oxygen atoms in total. The maximum Gasteiger partial charge on any atom is 0.224 e. The number of nitrogens with zero attached hydrogens (tertiary/aromatic N) is 3. The monoisotopic (exact) mass is 353 g/mol. The summed E-state index contributed by atoms with van der Waals surface area (Å²) in [5, 5.41) is 0. The van der Waals surface area contributed by atoms with Crippen LogP contribution < -0.4 is 0 Å². The van der Waals surface area contributed by atoms with Crippen LogP contribution in [0.1, 0.15) is 30.0 Å². The zero-order valence-corrected chi connectivity index (χ0v) is 15.8. The molecule has 0 saturated heterocycles. The number of rotatable bonds is 8. The molecule has 2 rings (SSSR count). The van der Waals surface area contributed by atoms with E-state index >= 15 is 0 Å². The SMILES string of the molecule is CC(=O)N(CCC(=O)N(C)CCc1ccncc1)Cc1ccc(C)cc1. The summed E-state index contributed by atoms with van der Waals surface area (Å²) in [4.78, 5) is 31.7. The Labute approximate surface area is 155 Å². The Morgan fingerprint density at radius 1 is 0.962 bits per heavy atom. The van der Waals surface area contributed by atoms with E-state index in [1.807, 2.05) is 50.4 Å². The lowest BCUT2D eigenvalue weighted by Gasteiger charge is -2.23. The number of likely N-dealkylation sites (N-methyl/N-ethyl adjacent to an activating group) is 1. The van der Waals surface area contributed by atoms with Gasteiger partial charge in [-0.3, -0.25) is 14.6 Å². The predicted octanol–water partition coefficient (Wildman–Crippen LogP) is 2.83. The van der Waals surface area contributed by atoms with Crippen LogP contribution in [0.5, 0.6) is 0 Å². The summed E-state index contributed by atoms with van der Waals surface area (Å²) < 4.78 is 0. The number of amides is 2. The quantitative estimate of drug-likeness (QED) is 0.733. The molecule has 0 aliphatic rings. The molecular weight excluding hydrogens is 326 g/mol. The third-order valence-electron chi connectivity index (χ3n) is 4.45. The highest BCUT2D eigenvalue weighted by Crippen LogP contribution is 2.09. The van der Waals surface area contributed by atoms with Gasteiger partial charge < -0.3 is 9.80 Å². The van der Waals surface area contributed by atoms with Crippen molar-refractivity contribution in [2.24, 2.45) is 0 Å². The summed E-state index contributed by atoms with van der Waals surface area (Å²) in [5.41, 5.74) is 3.42. The highest BCUT2D eigenvalue weighted by Gasteiger charge is 2.14. The van der Waals surface area contributed by atoms with Gasteiger partial charge in [-0.1, -0.05) is 29.8 Å². The average Bonchev–Trinajstić information content (AvgIpc) is 2.65. The van der Waals surface area contributed by atoms with Gasteiger partial charge in [0, 0.05) is 52.4 Å². The van der Waals surface area contributed by atoms with Crippen LogP contribution in [0.3, 0.4) is 0 Å². The highest BCUT2D eigenvalue weighted by atomic mass is 16.2. The van der Waals surface area contributed by atoms with E-state index in [4.69, 9.17) is 0 Å². The van der Waals surface area contributed by atoms with E-state index in [2.05, 4.69) is 4.98 Å². The fraction of sp³-hybridized carbons (Fsp3) is 0.381. The molecule has 0 atom stereocenters. The normalized spacial score (nSPS) is 10.4. The second-order valence-corrected chi connectivity index (χ2v) is 6.60. The molecular formula is C21H27N3O2. The largest absolute Gasteiger partial charge is 0.345 e. The van der Waals surface area contributed by atoms with Gasteiger partial charge in [0.2, 0.25) is 11.8 Å². The summed E-state index contributed by atoms with van der Waals surface area (Å²) in [6.45, 7) is 5.20. The summed E-state index contributed by atoms with van der Waals surface area (Å²) in [5.74, 6) is 0.0343. The first-order valence-corrected chi connectivity index (χ1v) is 8.89. The summed E-state index contributed by atoms with van der Waals surface area (Å²) in [6, 6.07) is 12.0. The zero-order valence-electron chi connectivity index (χ0n) is 15.8. The minimum Gasteiger partial charge on any atom is -0.345 e. The van der Waals surface area contributed by atoms with Crippen molar-refractivity contribution in [2.45, 2.75) is 33.2 Å². The van der Waals surface area contributed by atoms with Crippen LogP contribution in [0.25, 0.3) is 0 Å². The molecule has 0 N–H and O–H groups in total. The van der Waals surface area contributed by atoms with Crippen LogP contribution in [0.4, 0.5) is 0 Å². The topological polar surface area (TPSA) is 53.5 Å². The fourth-order valence-electron chi connectivity index (χ4n) is 2.65. The first-order valence-electron chi connectivity index (χ1n) is 8.89. The highest BCUT2D eigenvalue weighted by molar-refractivity contribution is 5.78.